The highest BCUT2D eigenvalue weighted by Crippen LogP contribution is 2.29. The van der Waals surface area contributed by atoms with Gasteiger partial charge in [0.2, 0.25) is 35.4 Å². The third kappa shape index (κ3) is 25.3. The molecule has 0 spiro atoms. The Labute approximate surface area is 509 Å². The van der Waals surface area contributed by atoms with Gasteiger partial charge in [-0.1, -0.05) is 80.6 Å². The van der Waals surface area contributed by atoms with E-state index in [9.17, 15) is 53.3 Å². The number of nitrogens with two attached hydrogens (primary N) is 1. The van der Waals surface area contributed by atoms with E-state index in [4.69, 9.17) is 38.9 Å². The van der Waals surface area contributed by atoms with E-state index >= 15 is 0 Å². The predicted octanol–water partition coefficient (Wildman–Crippen LogP) is 4.83. The number of fused-ring (bicyclic) bond motifs is 2. The lowest BCUT2D eigenvalue weighted by Gasteiger charge is -2.27. The van der Waals surface area contributed by atoms with Crippen molar-refractivity contribution in [3.63, 3.8) is 0 Å². The van der Waals surface area contributed by atoms with Gasteiger partial charge in [-0.05, 0) is 77.8 Å². The standard InChI is InChI=1S/C61H77N9O18/c1-41(2)56(59(77)67-49(12-8-29-64-60(62)78)57(75)65-46-18-14-42(15-19-46)40-87-61(79)88-48-22-20-47(21-23-48)70(80)81)68-58(76)50(24-27-55(74)82-3)66-53(72)28-31-83-33-35-85-37-38-86-36-34-84-32-30-63-52(71)25-26-54(73)69-39-45-11-5-4-9-43(45)16-17-44-10-6-7-13-51(44)69/h4-7,9-11,13-23,41,49-50,56H,8,12,24-40H2,1-3H3,(H,63,71)(H,65,75)(H,66,72)(H,67,77)(H,68,76)(H3,62,64,78)/b17-16-/t49-,50-,56-/m0/s1. The SMILES string of the molecule is COC(=O)CC[C@H](NC(=O)CCOCCOCCOCCOCCNC(=O)CCC(=O)N1Cc2ccccc2/C=C\c2ccccc21)C(=O)N[C@H](C(=O)N[C@@H](CCCNC(N)=O)C(=O)Nc1ccc(COC(=O)Oc2ccc([N+](=O)[O-])cc2)cc1)C(C)C. The van der Waals surface area contributed by atoms with Crippen molar-refractivity contribution in [2.45, 2.75) is 90.1 Å². The molecule has 5 rings (SSSR count). The van der Waals surface area contributed by atoms with Crippen LogP contribution in [0.15, 0.2) is 97.1 Å². The lowest BCUT2D eigenvalue weighted by atomic mass is 10.0. The number of nitrogens with zero attached hydrogens (tertiary/aromatic N) is 2. The molecule has 1 aliphatic heterocycles. The third-order valence-corrected chi connectivity index (χ3v) is 13.3. The summed E-state index contributed by atoms with van der Waals surface area (Å²) in [5.41, 5.74) is 9.59. The lowest BCUT2D eigenvalue weighted by molar-refractivity contribution is -0.384. The minimum Gasteiger partial charge on any atom is -0.469 e. The number of urea groups is 1. The largest absolute Gasteiger partial charge is 0.514 e. The first kappa shape index (κ1) is 69.5. The molecular formula is C61H77N9O18. The molecule has 474 valence electrons. The van der Waals surface area contributed by atoms with Gasteiger partial charge in [0.25, 0.3) is 5.69 Å². The molecule has 0 saturated heterocycles. The van der Waals surface area contributed by atoms with E-state index in [0.717, 1.165) is 22.4 Å². The number of hydrogen-bond acceptors (Lipinski definition) is 18. The predicted molar refractivity (Wildman–Crippen MR) is 321 cm³/mol. The van der Waals surface area contributed by atoms with E-state index in [2.05, 4.69) is 31.9 Å². The molecule has 0 bridgehead atoms. The maximum Gasteiger partial charge on any atom is 0.514 e. The Morgan fingerprint density at radius 3 is 1.91 bits per heavy atom. The van der Waals surface area contributed by atoms with E-state index < -0.39 is 70.8 Å². The third-order valence-electron chi connectivity index (χ3n) is 13.3. The normalized spacial score (nSPS) is 12.9. The van der Waals surface area contributed by atoms with Gasteiger partial charge in [-0.2, -0.15) is 0 Å². The molecule has 88 heavy (non-hydrogen) atoms. The van der Waals surface area contributed by atoms with Gasteiger partial charge in [-0.25, -0.2) is 9.59 Å². The number of nitrogens with one attached hydrogen (secondary N) is 6. The maximum absolute atomic E-state index is 13.9. The van der Waals surface area contributed by atoms with Crippen LogP contribution in [0.25, 0.3) is 12.2 Å². The summed E-state index contributed by atoms with van der Waals surface area (Å²) in [6.07, 6.45) is 2.68. The maximum atomic E-state index is 13.9. The number of ether oxygens (including phenoxy) is 7. The van der Waals surface area contributed by atoms with E-state index in [-0.39, 0.29) is 141 Å². The van der Waals surface area contributed by atoms with Crippen LogP contribution in [-0.4, -0.2) is 150 Å². The molecule has 0 aliphatic carbocycles. The number of carbonyl (C=O) groups excluding carboxylic acids is 9. The van der Waals surface area contributed by atoms with Crippen molar-refractivity contribution in [2.24, 2.45) is 11.7 Å². The monoisotopic (exact) mass is 1220 g/mol. The molecule has 8 N–H and O–H groups in total. The molecule has 3 atom stereocenters. The summed E-state index contributed by atoms with van der Waals surface area (Å²) >= 11 is 0. The van der Waals surface area contributed by atoms with Crippen molar-refractivity contribution in [1.82, 2.24) is 26.6 Å². The van der Waals surface area contributed by atoms with Crippen LogP contribution >= 0.6 is 0 Å². The molecule has 4 aromatic rings. The van der Waals surface area contributed by atoms with E-state index in [1.165, 1.54) is 43.5 Å². The Balaban J connectivity index is 0.962. The number of carbonyl (C=O) groups is 9. The summed E-state index contributed by atoms with van der Waals surface area (Å²) in [6.45, 7) is 5.48. The first-order valence-corrected chi connectivity index (χ1v) is 28.6. The molecule has 1 heterocycles. The highest BCUT2D eigenvalue weighted by atomic mass is 16.7. The molecule has 0 radical (unpaired) electrons. The summed E-state index contributed by atoms with van der Waals surface area (Å²) < 4.78 is 37.1. The molecule has 1 aliphatic rings. The molecule has 0 unspecified atom stereocenters. The summed E-state index contributed by atoms with van der Waals surface area (Å²) in [5, 5.41) is 26.7. The first-order valence-electron chi connectivity index (χ1n) is 28.6. The van der Waals surface area contributed by atoms with Gasteiger partial charge in [0, 0.05) is 56.6 Å². The van der Waals surface area contributed by atoms with Gasteiger partial charge in [0.05, 0.1) is 77.1 Å². The van der Waals surface area contributed by atoms with E-state index in [1.54, 1.807) is 30.9 Å². The van der Waals surface area contributed by atoms with Crippen LogP contribution in [0.2, 0.25) is 0 Å². The number of esters is 1. The molecule has 8 amide bonds. The average Bonchev–Trinajstić information content (AvgIpc) is 3.49. The van der Waals surface area contributed by atoms with Crippen LogP contribution in [-0.2, 0) is 75.1 Å². The Kier molecular flexibility index (Phi) is 30.0. The van der Waals surface area contributed by atoms with Gasteiger partial charge in [0.1, 0.15) is 30.5 Å². The second-order valence-corrected chi connectivity index (χ2v) is 20.2. The molecule has 27 nitrogen and oxygen atoms in total. The highest BCUT2D eigenvalue weighted by Gasteiger charge is 2.32. The average molecular weight is 1220 g/mol. The number of benzene rings is 4. The molecule has 4 aromatic carbocycles. The fourth-order valence-electron chi connectivity index (χ4n) is 8.56. The molecular weight excluding hydrogens is 1150 g/mol. The minimum absolute atomic E-state index is 0.0160. The van der Waals surface area contributed by atoms with Crippen molar-refractivity contribution >= 4 is 82.8 Å². The van der Waals surface area contributed by atoms with Gasteiger partial charge < -0.3 is 75.7 Å². The van der Waals surface area contributed by atoms with Crippen molar-refractivity contribution in [3.05, 3.63) is 129 Å². The number of nitro benzene ring substituents is 1. The number of amides is 8. The molecule has 0 saturated carbocycles. The number of primary amides is 1. The second-order valence-electron chi connectivity index (χ2n) is 20.2. The van der Waals surface area contributed by atoms with E-state index in [0.29, 0.717) is 17.8 Å². The van der Waals surface area contributed by atoms with Crippen molar-refractivity contribution in [2.75, 3.05) is 83.3 Å². The van der Waals surface area contributed by atoms with Crippen molar-refractivity contribution in [3.8, 4) is 5.75 Å². The van der Waals surface area contributed by atoms with Gasteiger partial charge in [-0.3, -0.25) is 43.7 Å². The quantitative estimate of drug-likeness (QED) is 0.0104. The Morgan fingerprint density at radius 2 is 1.25 bits per heavy atom. The number of nitro groups is 1. The van der Waals surface area contributed by atoms with Crippen LogP contribution in [0.4, 0.5) is 26.7 Å². The Morgan fingerprint density at radius 1 is 0.625 bits per heavy atom. The Bertz CT molecular complexity index is 3000. The molecule has 27 heteroatoms. The van der Waals surface area contributed by atoms with Crippen LogP contribution in [0, 0.1) is 16.0 Å². The zero-order valence-electron chi connectivity index (χ0n) is 49.5. The number of para-hydroxylation sites is 1. The number of non-ortho nitro benzene ring substituents is 1. The zero-order chi connectivity index (χ0) is 63.6. The zero-order valence-corrected chi connectivity index (χ0v) is 49.5. The van der Waals surface area contributed by atoms with Crippen molar-refractivity contribution < 1.29 is 81.2 Å². The second kappa shape index (κ2) is 38.0. The summed E-state index contributed by atoms with van der Waals surface area (Å²) in [6, 6.07) is 22.0. The number of rotatable bonds is 37. The smallest absolute Gasteiger partial charge is 0.469 e. The van der Waals surface area contributed by atoms with Crippen LogP contribution in [0.3, 0.4) is 0 Å². The number of anilines is 2. The topological polar surface area (TPSA) is 363 Å². The van der Waals surface area contributed by atoms with Gasteiger partial charge in [0.15, 0.2) is 0 Å². The highest BCUT2D eigenvalue weighted by molar-refractivity contribution is 6.00. The number of hydrogen-bond donors (Lipinski definition) is 7. The van der Waals surface area contributed by atoms with Crippen LogP contribution in [0.1, 0.15) is 81.0 Å². The number of methoxy groups -OCH3 is 1. The lowest BCUT2D eigenvalue weighted by Crippen LogP contribution is -2.58. The fourth-order valence-corrected chi connectivity index (χ4v) is 8.56. The summed E-state index contributed by atoms with van der Waals surface area (Å²) in [7, 11) is 1.17. The van der Waals surface area contributed by atoms with Gasteiger partial charge in [-0.15, -0.1) is 0 Å². The van der Waals surface area contributed by atoms with Crippen LogP contribution < -0.4 is 47.3 Å². The minimum atomic E-state index is -1.28. The summed E-state index contributed by atoms with van der Waals surface area (Å²) in [5.74, 6) is -4.34. The molecule has 0 aromatic heterocycles. The summed E-state index contributed by atoms with van der Waals surface area (Å²) in [4.78, 5) is 128. The van der Waals surface area contributed by atoms with E-state index in [1.807, 2.05) is 60.7 Å². The first-order chi connectivity index (χ1) is 42.4. The van der Waals surface area contributed by atoms with Crippen LogP contribution in [0.5, 0.6) is 5.75 Å². The van der Waals surface area contributed by atoms with Gasteiger partial charge >= 0.3 is 18.2 Å². The van der Waals surface area contributed by atoms with Crippen molar-refractivity contribution in [1.29, 1.82) is 0 Å². The Hall–Kier alpha value is -9.31. The fraction of sp³-hybridized carbons (Fsp3) is 0.426. The molecule has 0 fully saturated rings.